The predicted octanol–water partition coefficient (Wildman–Crippen LogP) is 3.70. The van der Waals surface area contributed by atoms with Gasteiger partial charge in [0.2, 0.25) is 5.91 Å². The van der Waals surface area contributed by atoms with Crippen molar-refractivity contribution in [3.8, 4) is 11.5 Å². The molecule has 0 fully saturated rings. The summed E-state index contributed by atoms with van der Waals surface area (Å²) in [6.07, 6.45) is 2.63. The van der Waals surface area contributed by atoms with Crippen LogP contribution in [0.25, 0.3) is 0 Å². The number of carbonyl (C=O) groups is 2. The van der Waals surface area contributed by atoms with Gasteiger partial charge in [-0.1, -0.05) is 23.8 Å². The molecule has 28 heavy (non-hydrogen) atoms. The van der Waals surface area contributed by atoms with Gasteiger partial charge in [-0.15, -0.1) is 6.58 Å². The van der Waals surface area contributed by atoms with E-state index in [0.717, 1.165) is 5.75 Å². The van der Waals surface area contributed by atoms with Gasteiger partial charge in [-0.3, -0.25) is 9.59 Å². The largest absolute Gasteiger partial charge is 0.494 e. The van der Waals surface area contributed by atoms with Gasteiger partial charge in [0, 0.05) is 24.7 Å². The number of rotatable bonds is 8. The van der Waals surface area contributed by atoms with E-state index in [4.69, 9.17) is 9.47 Å². The quantitative estimate of drug-likeness (QED) is 0.560. The highest BCUT2D eigenvalue weighted by molar-refractivity contribution is 5.99. The number of nitrogens with zero attached hydrogens (tertiary/aromatic N) is 1. The molecule has 146 valence electrons. The second-order valence-corrected chi connectivity index (χ2v) is 6.58. The van der Waals surface area contributed by atoms with Crippen LogP contribution < -0.4 is 19.7 Å². The van der Waals surface area contributed by atoms with Crippen molar-refractivity contribution in [3.63, 3.8) is 0 Å². The molecule has 2 aromatic carbocycles. The van der Waals surface area contributed by atoms with E-state index >= 15 is 0 Å². The fourth-order valence-electron chi connectivity index (χ4n) is 2.89. The van der Waals surface area contributed by atoms with Crippen LogP contribution in [0.15, 0.2) is 55.1 Å². The van der Waals surface area contributed by atoms with Gasteiger partial charge in [0.1, 0.15) is 11.5 Å². The van der Waals surface area contributed by atoms with Gasteiger partial charge in [0.25, 0.3) is 5.91 Å². The van der Waals surface area contributed by atoms with Crippen molar-refractivity contribution < 1.29 is 19.1 Å². The highest BCUT2D eigenvalue weighted by Gasteiger charge is 2.24. The molecule has 0 spiro atoms. The third kappa shape index (κ3) is 4.91. The number of benzene rings is 2. The molecule has 1 aliphatic rings. The number of hydrogen-bond acceptors (Lipinski definition) is 4. The Kier molecular flexibility index (Phi) is 6.32. The maximum atomic E-state index is 12.2. The molecule has 1 heterocycles. The van der Waals surface area contributed by atoms with Crippen LogP contribution >= 0.6 is 0 Å². The fraction of sp³-hybridized carbons (Fsp3) is 0.273. The summed E-state index contributed by atoms with van der Waals surface area (Å²) in [6, 6.07) is 13.1. The van der Waals surface area contributed by atoms with Crippen molar-refractivity contribution in [1.82, 2.24) is 0 Å². The van der Waals surface area contributed by atoms with Crippen LogP contribution in [0, 0.1) is 6.92 Å². The van der Waals surface area contributed by atoms with Gasteiger partial charge in [-0.05, 0) is 37.6 Å². The normalized spacial score (nSPS) is 12.8. The Morgan fingerprint density at radius 1 is 1.29 bits per heavy atom. The number of amides is 2. The summed E-state index contributed by atoms with van der Waals surface area (Å²) in [5.41, 5.74) is 2.49. The predicted molar refractivity (Wildman–Crippen MR) is 109 cm³/mol. The zero-order chi connectivity index (χ0) is 19.9. The Morgan fingerprint density at radius 3 is 2.82 bits per heavy atom. The van der Waals surface area contributed by atoms with Gasteiger partial charge in [0.05, 0.1) is 12.3 Å². The minimum atomic E-state index is -0.113. The van der Waals surface area contributed by atoms with Crippen LogP contribution in [-0.2, 0) is 9.59 Å². The average Bonchev–Trinajstić information content (AvgIpc) is 2.69. The van der Waals surface area contributed by atoms with Gasteiger partial charge in [-0.25, -0.2) is 0 Å². The summed E-state index contributed by atoms with van der Waals surface area (Å²) in [5, 5.41) is 2.86. The van der Waals surface area contributed by atoms with Crippen molar-refractivity contribution in [2.45, 2.75) is 19.8 Å². The Bertz CT molecular complexity index is 861. The van der Waals surface area contributed by atoms with Crippen molar-refractivity contribution in [1.29, 1.82) is 0 Å². The zero-order valence-electron chi connectivity index (χ0n) is 15.9. The van der Waals surface area contributed by atoms with E-state index < -0.39 is 0 Å². The second-order valence-electron chi connectivity index (χ2n) is 6.58. The minimum Gasteiger partial charge on any atom is -0.494 e. The first-order chi connectivity index (χ1) is 13.6. The molecule has 3 rings (SSSR count). The lowest BCUT2D eigenvalue weighted by atomic mass is 10.2. The lowest BCUT2D eigenvalue weighted by molar-refractivity contribution is -0.121. The van der Waals surface area contributed by atoms with Gasteiger partial charge in [0.15, 0.2) is 6.61 Å². The number of fused-ring (bicyclic) bond motifs is 1. The molecule has 0 saturated carbocycles. The summed E-state index contributed by atoms with van der Waals surface area (Å²) < 4.78 is 11.1. The lowest BCUT2D eigenvalue weighted by Crippen LogP contribution is -2.38. The van der Waals surface area contributed by atoms with Gasteiger partial charge >= 0.3 is 0 Å². The molecule has 0 bridgehead atoms. The van der Waals surface area contributed by atoms with E-state index in [1.165, 1.54) is 5.56 Å². The molecular formula is C22H24N2O4. The first-order valence-corrected chi connectivity index (χ1v) is 9.24. The average molecular weight is 380 g/mol. The number of anilines is 2. The number of aryl methyl sites for hydroxylation is 1. The monoisotopic (exact) mass is 380 g/mol. The maximum Gasteiger partial charge on any atom is 0.265 e. The molecule has 2 aromatic rings. The molecule has 6 nitrogen and oxygen atoms in total. The van der Waals surface area contributed by atoms with E-state index in [1.807, 2.05) is 31.2 Å². The zero-order valence-corrected chi connectivity index (χ0v) is 15.9. The third-order valence-electron chi connectivity index (χ3n) is 4.34. The molecule has 0 unspecified atom stereocenters. The van der Waals surface area contributed by atoms with Crippen molar-refractivity contribution in [2.75, 3.05) is 30.0 Å². The van der Waals surface area contributed by atoms with Crippen LogP contribution in [0.1, 0.15) is 18.4 Å². The molecule has 0 radical (unpaired) electrons. The summed E-state index contributed by atoms with van der Waals surface area (Å²) in [6.45, 7) is 6.57. The molecule has 1 N–H and O–H groups in total. The summed E-state index contributed by atoms with van der Waals surface area (Å²) in [7, 11) is 0. The van der Waals surface area contributed by atoms with Crippen LogP contribution in [-0.4, -0.2) is 31.6 Å². The first kappa shape index (κ1) is 19.5. The minimum absolute atomic E-state index is 0.0193. The summed E-state index contributed by atoms with van der Waals surface area (Å²) in [5.74, 6) is 1.17. The number of hydrogen-bond donors (Lipinski definition) is 1. The SMILES string of the molecule is C=CCN1C(=O)COc2cc(NC(=O)CCCOc3ccc(C)cc3)ccc21. The molecule has 1 aliphatic heterocycles. The standard InChI is InChI=1S/C22H24N2O4/c1-3-12-24-19-11-8-17(14-20(19)28-15-22(24)26)23-21(25)5-4-13-27-18-9-6-16(2)7-10-18/h3,6-11,14H,1,4-5,12-13,15H2,2H3,(H,23,25). The van der Waals surface area contributed by atoms with Crippen LogP contribution in [0.4, 0.5) is 11.4 Å². The van der Waals surface area contributed by atoms with Crippen LogP contribution in [0.5, 0.6) is 11.5 Å². The smallest absolute Gasteiger partial charge is 0.265 e. The third-order valence-corrected chi connectivity index (χ3v) is 4.34. The van der Waals surface area contributed by atoms with E-state index in [-0.39, 0.29) is 18.4 Å². The van der Waals surface area contributed by atoms with E-state index in [1.54, 1.807) is 29.2 Å². The Balaban J connectivity index is 1.49. The number of nitrogens with one attached hydrogen (secondary N) is 1. The first-order valence-electron chi connectivity index (χ1n) is 9.24. The molecule has 2 amide bonds. The molecule has 6 heteroatoms. The van der Waals surface area contributed by atoms with Gasteiger partial charge in [-0.2, -0.15) is 0 Å². The number of carbonyl (C=O) groups excluding carboxylic acids is 2. The fourth-order valence-corrected chi connectivity index (χ4v) is 2.89. The van der Waals surface area contributed by atoms with Crippen molar-refractivity contribution >= 4 is 23.2 Å². The number of ether oxygens (including phenoxy) is 2. The topological polar surface area (TPSA) is 67.9 Å². The lowest BCUT2D eigenvalue weighted by Gasteiger charge is -2.28. The highest BCUT2D eigenvalue weighted by Crippen LogP contribution is 2.34. The Morgan fingerprint density at radius 2 is 2.07 bits per heavy atom. The second kappa shape index (κ2) is 9.08. The molecule has 0 aliphatic carbocycles. The van der Waals surface area contributed by atoms with E-state index in [2.05, 4.69) is 11.9 Å². The van der Waals surface area contributed by atoms with Crippen LogP contribution in [0.2, 0.25) is 0 Å². The van der Waals surface area contributed by atoms with E-state index in [9.17, 15) is 9.59 Å². The molecular weight excluding hydrogens is 356 g/mol. The summed E-state index contributed by atoms with van der Waals surface area (Å²) in [4.78, 5) is 25.7. The molecule has 0 aromatic heterocycles. The highest BCUT2D eigenvalue weighted by atomic mass is 16.5. The van der Waals surface area contributed by atoms with E-state index in [0.29, 0.717) is 43.1 Å². The molecule has 0 saturated heterocycles. The maximum absolute atomic E-state index is 12.2. The van der Waals surface area contributed by atoms with Gasteiger partial charge < -0.3 is 19.7 Å². The summed E-state index contributed by atoms with van der Waals surface area (Å²) >= 11 is 0. The Hall–Kier alpha value is -3.28. The van der Waals surface area contributed by atoms with Crippen LogP contribution in [0.3, 0.4) is 0 Å². The van der Waals surface area contributed by atoms with Crippen molar-refractivity contribution in [3.05, 3.63) is 60.7 Å². The molecule has 0 atom stereocenters. The Labute approximate surface area is 164 Å². The van der Waals surface area contributed by atoms with Crippen molar-refractivity contribution in [2.24, 2.45) is 0 Å².